The first-order chi connectivity index (χ1) is 6.63. The maximum atomic E-state index is 8.80. The highest BCUT2D eigenvalue weighted by Crippen LogP contribution is 2.18. The highest BCUT2D eigenvalue weighted by Gasteiger charge is 2.02. The van der Waals surface area contributed by atoms with Crippen molar-refractivity contribution in [3.05, 3.63) is 27.3 Å². The second-order valence-corrected chi connectivity index (χ2v) is 4.54. The molecule has 0 saturated carbocycles. The molecule has 0 saturated heterocycles. The SMILES string of the molecule is CC(C)COc1[c]cc(I)c(C#N)c1. The molecule has 0 amide bonds. The summed E-state index contributed by atoms with van der Waals surface area (Å²) >= 11 is 2.11. The van der Waals surface area contributed by atoms with Crippen molar-refractivity contribution in [2.75, 3.05) is 6.61 Å². The zero-order chi connectivity index (χ0) is 10.6. The Labute approximate surface area is 98.0 Å². The van der Waals surface area contributed by atoms with Gasteiger partial charge in [0.1, 0.15) is 11.8 Å². The van der Waals surface area contributed by atoms with Crippen LogP contribution in [0.25, 0.3) is 0 Å². The molecular formula is C11H11INO. The number of ether oxygens (including phenoxy) is 1. The first kappa shape index (κ1) is 11.3. The molecule has 73 valence electrons. The van der Waals surface area contributed by atoms with Crippen LogP contribution in [-0.2, 0) is 0 Å². The first-order valence-electron chi connectivity index (χ1n) is 4.37. The third kappa shape index (κ3) is 3.18. The molecule has 0 N–H and O–H groups in total. The van der Waals surface area contributed by atoms with Crippen molar-refractivity contribution in [1.29, 1.82) is 5.26 Å². The number of benzene rings is 1. The molecular weight excluding hydrogens is 289 g/mol. The standard InChI is InChI=1S/C11H11INO/c1-8(2)7-14-10-3-4-11(12)9(5-10)6-13/h4-5,8H,7H2,1-2H3. The summed E-state index contributed by atoms with van der Waals surface area (Å²) in [5.74, 6) is 1.13. The number of hydrogen-bond donors (Lipinski definition) is 0. The zero-order valence-corrected chi connectivity index (χ0v) is 10.3. The minimum absolute atomic E-state index is 0.480. The van der Waals surface area contributed by atoms with Crippen LogP contribution in [0, 0.1) is 26.9 Å². The second-order valence-electron chi connectivity index (χ2n) is 3.38. The van der Waals surface area contributed by atoms with Gasteiger partial charge in [-0.1, -0.05) is 13.8 Å². The summed E-state index contributed by atoms with van der Waals surface area (Å²) in [6, 6.07) is 8.60. The Hall–Kier alpha value is -0.760. The van der Waals surface area contributed by atoms with Crippen LogP contribution >= 0.6 is 22.6 Å². The van der Waals surface area contributed by atoms with Crippen LogP contribution in [0.1, 0.15) is 19.4 Å². The normalized spacial score (nSPS) is 9.93. The molecule has 0 aromatic heterocycles. The van der Waals surface area contributed by atoms with Crippen LogP contribution in [0.5, 0.6) is 5.75 Å². The van der Waals surface area contributed by atoms with Gasteiger partial charge in [-0.25, -0.2) is 0 Å². The molecule has 0 heterocycles. The Balaban J connectivity index is 2.76. The summed E-state index contributed by atoms with van der Waals surface area (Å²) in [5.41, 5.74) is 0.642. The summed E-state index contributed by atoms with van der Waals surface area (Å²) in [7, 11) is 0. The second kappa shape index (κ2) is 5.20. The monoisotopic (exact) mass is 300 g/mol. The van der Waals surface area contributed by atoms with Gasteiger partial charge in [0.2, 0.25) is 0 Å². The van der Waals surface area contributed by atoms with E-state index in [0.717, 1.165) is 3.57 Å². The van der Waals surface area contributed by atoms with Gasteiger partial charge in [0.25, 0.3) is 0 Å². The molecule has 0 atom stereocenters. The minimum Gasteiger partial charge on any atom is -0.493 e. The number of nitriles is 1. The average Bonchev–Trinajstić information content (AvgIpc) is 2.16. The van der Waals surface area contributed by atoms with E-state index in [4.69, 9.17) is 10.00 Å². The van der Waals surface area contributed by atoms with E-state index in [9.17, 15) is 0 Å². The van der Waals surface area contributed by atoms with Gasteiger partial charge < -0.3 is 4.74 Å². The molecule has 3 heteroatoms. The number of rotatable bonds is 3. The van der Waals surface area contributed by atoms with E-state index < -0.39 is 0 Å². The van der Waals surface area contributed by atoms with Crippen molar-refractivity contribution < 1.29 is 4.74 Å². The summed E-state index contributed by atoms with van der Waals surface area (Å²) in [5, 5.41) is 8.80. The van der Waals surface area contributed by atoms with Crippen molar-refractivity contribution in [1.82, 2.24) is 0 Å². The molecule has 1 radical (unpaired) electrons. The van der Waals surface area contributed by atoms with E-state index in [0.29, 0.717) is 23.8 Å². The quantitative estimate of drug-likeness (QED) is 0.804. The van der Waals surface area contributed by atoms with Gasteiger partial charge in [-0.3, -0.25) is 0 Å². The third-order valence-electron chi connectivity index (χ3n) is 1.57. The van der Waals surface area contributed by atoms with E-state index >= 15 is 0 Å². The fourth-order valence-corrected chi connectivity index (χ4v) is 1.31. The van der Waals surface area contributed by atoms with Crippen molar-refractivity contribution in [3.63, 3.8) is 0 Å². The molecule has 0 aliphatic heterocycles. The van der Waals surface area contributed by atoms with Gasteiger partial charge >= 0.3 is 0 Å². The summed E-state index contributed by atoms with van der Waals surface area (Å²) in [6.07, 6.45) is 0. The van der Waals surface area contributed by atoms with Gasteiger partial charge in [-0.2, -0.15) is 5.26 Å². The van der Waals surface area contributed by atoms with E-state index in [1.807, 2.05) is 0 Å². The Morgan fingerprint density at radius 1 is 1.64 bits per heavy atom. The lowest BCUT2D eigenvalue weighted by molar-refractivity contribution is 0.270. The highest BCUT2D eigenvalue weighted by molar-refractivity contribution is 14.1. The maximum absolute atomic E-state index is 8.80. The van der Waals surface area contributed by atoms with Crippen LogP contribution in [0.2, 0.25) is 0 Å². The molecule has 0 aliphatic carbocycles. The van der Waals surface area contributed by atoms with Gasteiger partial charge in [-0.05, 0) is 40.6 Å². The van der Waals surface area contributed by atoms with E-state index in [1.54, 1.807) is 12.1 Å². The molecule has 14 heavy (non-hydrogen) atoms. The lowest BCUT2D eigenvalue weighted by Crippen LogP contribution is -2.04. The predicted molar refractivity (Wildman–Crippen MR) is 63.0 cm³/mol. The topological polar surface area (TPSA) is 33.0 Å². The summed E-state index contributed by atoms with van der Waals surface area (Å²) in [6.45, 7) is 4.82. The smallest absolute Gasteiger partial charge is 0.128 e. The molecule has 0 unspecified atom stereocenters. The number of nitrogens with zero attached hydrogens (tertiary/aromatic N) is 1. The number of halogens is 1. The Morgan fingerprint density at radius 3 is 2.93 bits per heavy atom. The van der Waals surface area contributed by atoms with Gasteiger partial charge in [-0.15, -0.1) is 0 Å². The third-order valence-corrected chi connectivity index (χ3v) is 2.46. The fraction of sp³-hybridized carbons (Fsp3) is 0.364. The first-order valence-corrected chi connectivity index (χ1v) is 5.45. The zero-order valence-electron chi connectivity index (χ0n) is 8.17. The lowest BCUT2D eigenvalue weighted by atomic mass is 10.2. The van der Waals surface area contributed by atoms with Crippen LogP contribution in [0.3, 0.4) is 0 Å². The fourth-order valence-electron chi connectivity index (χ4n) is 0.879. The van der Waals surface area contributed by atoms with Crippen molar-refractivity contribution >= 4 is 22.6 Å². The largest absolute Gasteiger partial charge is 0.493 e. The lowest BCUT2D eigenvalue weighted by Gasteiger charge is -2.08. The molecule has 1 rings (SSSR count). The molecule has 2 nitrogen and oxygen atoms in total. The van der Waals surface area contributed by atoms with Crippen LogP contribution < -0.4 is 4.74 Å². The minimum atomic E-state index is 0.480. The van der Waals surface area contributed by atoms with Crippen LogP contribution in [0.4, 0.5) is 0 Å². The van der Waals surface area contributed by atoms with Crippen molar-refractivity contribution in [2.45, 2.75) is 13.8 Å². The van der Waals surface area contributed by atoms with Gasteiger partial charge in [0, 0.05) is 9.64 Å². The molecule has 0 aliphatic rings. The maximum Gasteiger partial charge on any atom is 0.128 e. The Morgan fingerprint density at radius 2 is 2.36 bits per heavy atom. The molecule has 1 aromatic carbocycles. The molecule has 1 aromatic rings. The van der Waals surface area contributed by atoms with Crippen LogP contribution in [-0.4, -0.2) is 6.61 Å². The van der Waals surface area contributed by atoms with Crippen molar-refractivity contribution in [2.24, 2.45) is 5.92 Å². The molecule has 0 bridgehead atoms. The predicted octanol–water partition coefficient (Wildman–Crippen LogP) is 3.00. The Bertz CT molecular complexity index is 355. The Kier molecular flexibility index (Phi) is 4.21. The van der Waals surface area contributed by atoms with Gasteiger partial charge in [0.05, 0.1) is 12.2 Å². The summed E-state index contributed by atoms with van der Waals surface area (Å²) < 4.78 is 6.36. The molecule has 0 fully saturated rings. The van der Waals surface area contributed by atoms with Gasteiger partial charge in [0.15, 0.2) is 0 Å². The summed E-state index contributed by atoms with van der Waals surface area (Å²) in [4.78, 5) is 0. The average molecular weight is 300 g/mol. The van der Waals surface area contributed by atoms with E-state index in [2.05, 4.69) is 48.6 Å². The van der Waals surface area contributed by atoms with E-state index in [1.165, 1.54) is 0 Å². The highest BCUT2D eigenvalue weighted by atomic mass is 127. The number of hydrogen-bond acceptors (Lipinski definition) is 2. The molecule has 0 spiro atoms. The van der Waals surface area contributed by atoms with E-state index in [-0.39, 0.29) is 0 Å². The van der Waals surface area contributed by atoms with Crippen LogP contribution in [0.15, 0.2) is 12.1 Å². The van der Waals surface area contributed by atoms with Crippen molar-refractivity contribution in [3.8, 4) is 11.8 Å².